The number of thiol groups is 1. The van der Waals surface area contributed by atoms with Gasteiger partial charge >= 0.3 is 6.03 Å². The predicted molar refractivity (Wildman–Crippen MR) is 61.9 cm³/mol. The Balaban J connectivity index is 4.15. The highest BCUT2D eigenvalue weighted by Crippen LogP contribution is 2.06. The zero-order valence-corrected chi connectivity index (χ0v) is 10.2. The van der Waals surface area contributed by atoms with Gasteiger partial charge < -0.3 is 5.32 Å². The van der Waals surface area contributed by atoms with Crippen LogP contribution in [-0.4, -0.2) is 22.5 Å². The third-order valence-corrected chi connectivity index (χ3v) is 2.44. The molecule has 0 radical (unpaired) electrons. The number of urea groups is 1. The molecule has 2 amide bonds. The fourth-order valence-corrected chi connectivity index (χ4v) is 1.25. The van der Waals surface area contributed by atoms with Gasteiger partial charge in [0, 0.05) is 6.04 Å². The molecule has 5 heteroatoms. The highest BCUT2D eigenvalue weighted by molar-refractivity contribution is 7.80. The molecule has 1 unspecified atom stereocenters. The minimum atomic E-state index is -0.278. The van der Waals surface area contributed by atoms with E-state index in [-0.39, 0.29) is 17.4 Å². The van der Waals surface area contributed by atoms with Crippen molar-refractivity contribution in [3.05, 3.63) is 0 Å². The standard InChI is InChI=1S/C9H21N3OS/c1-5-8(6(2)3)11-9(13)12(10)7(4)14/h6-8,14H,5,10H2,1-4H3,(H,11,13)/t7-,8?/m0/s1. The third kappa shape index (κ3) is 4.19. The van der Waals surface area contributed by atoms with Gasteiger partial charge in [0.25, 0.3) is 0 Å². The van der Waals surface area contributed by atoms with Gasteiger partial charge in [0.2, 0.25) is 0 Å². The first-order valence-corrected chi connectivity index (χ1v) is 5.44. The second-order valence-electron chi connectivity index (χ2n) is 3.75. The lowest BCUT2D eigenvalue weighted by molar-refractivity contribution is 0.188. The Kier molecular flexibility index (Phi) is 5.95. The van der Waals surface area contributed by atoms with Gasteiger partial charge in [-0.2, -0.15) is 12.6 Å². The molecular weight excluding hydrogens is 198 g/mol. The average Bonchev–Trinajstić information content (AvgIpc) is 2.11. The van der Waals surface area contributed by atoms with E-state index in [0.29, 0.717) is 5.92 Å². The molecule has 0 spiro atoms. The second kappa shape index (κ2) is 6.14. The monoisotopic (exact) mass is 219 g/mol. The van der Waals surface area contributed by atoms with E-state index < -0.39 is 0 Å². The summed E-state index contributed by atoms with van der Waals surface area (Å²) in [7, 11) is 0. The van der Waals surface area contributed by atoms with E-state index in [9.17, 15) is 4.79 Å². The largest absolute Gasteiger partial charge is 0.334 e. The van der Waals surface area contributed by atoms with Gasteiger partial charge in [0.1, 0.15) is 0 Å². The van der Waals surface area contributed by atoms with Crippen LogP contribution in [0.15, 0.2) is 0 Å². The molecule has 0 fully saturated rings. The van der Waals surface area contributed by atoms with Crippen molar-refractivity contribution in [2.24, 2.45) is 11.8 Å². The minimum Gasteiger partial charge on any atom is -0.334 e. The number of nitrogens with one attached hydrogen (secondary N) is 1. The van der Waals surface area contributed by atoms with E-state index in [2.05, 4.69) is 31.8 Å². The van der Waals surface area contributed by atoms with Gasteiger partial charge in [-0.1, -0.05) is 20.8 Å². The maximum absolute atomic E-state index is 11.5. The number of hydrazine groups is 1. The summed E-state index contributed by atoms with van der Waals surface area (Å²) in [4.78, 5) is 11.5. The first kappa shape index (κ1) is 13.6. The summed E-state index contributed by atoms with van der Waals surface area (Å²) in [6, 6.07) is -0.103. The van der Waals surface area contributed by atoms with Crippen molar-refractivity contribution in [3.8, 4) is 0 Å². The van der Waals surface area contributed by atoms with Gasteiger partial charge in [-0.05, 0) is 19.3 Å². The van der Waals surface area contributed by atoms with Crippen molar-refractivity contribution in [1.29, 1.82) is 0 Å². The highest BCUT2D eigenvalue weighted by atomic mass is 32.1. The number of hydrogen-bond acceptors (Lipinski definition) is 3. The van der Waals surface area contributed by atoms with Crippen LogP contribution in [0.1, 0.15) is 34.1 Å². The molecule has 0 aromatic carbocycles. The fourth-order valence-electron chi connectivity index (χ4n) is 1.14. The molecule has 0 aliphatic carbocycles. The zero-order chi connectivity index (χ0) is 11.3. The van der Waals surface area contributed by atoms with E-state index >= 15 is 0 Å². The molecule has 0 heterocycles. The summed E-state index contributed by atoms with van der Waals surface area (Å²) in [6.45, 7) is 7.92. The number of carbonyl (C=O) groups excluding carboxylic acids is 1. The molecule has 0 rings (SSSR count). The molecule has 0 saturated heterocycles. The summed E-state index contributed by atoms with van der Waals surface area (Å²) >= 11 is 4.08. The fraction of sp³-hybridized carbons (Fsp3) is 0.889. The van der Waals surface area contributed by atoms with Crippen LogP contribution in [0.3, 0.4) is 0 Å². The molecule has 0 saturated carbocycles. The average molecular weight is 219 g/mol. The van der Waals surface area contributed by atoms with Crippen LogP contribution in [0, 0.1) is 5.92 Å². The summed E-state index contributed by atoms with van der Waals surface area (Å²) in [5.74, 6) is 5.92. The van der Waals surface area contributed by atoms with Crippen molar-refractivity contribution >= 4 is 18.7 Å². The smallest absolute Gasteiger partial charge is 0.332 e. The quantitative estimate of drug-likeness (QED) is 0.221. The summed E-state index contributed by atoms with van der Waals surface area (Å²) in [6.07, 6.45) is 0.901. The van der Waals surface area contributed by atoms with Crippen LogP contribution in [-0.2, 0) is 0 Å². The minimum absolute atomic E-state index is 0.167. The summed E-state index contributed by atoms with van der Waals surface area (Å²) < 4.78 is 0. The Labute approximate surface area is 91.6 Å². The van der Waals surface area contributed by atoms with Gasteiger partial charge in [-0.3, -0.25) is 0 Å². The van der Waals surface area contributed by atoms with Crippen molar-refractivity contribution in [3.63, 3.8) is 0 Å². The Bertz CT molecular complexity index is 185. The number of nitrogens with zero attached hydrogens (tertiary/aromatic N) is 1. The molecule has 3 N–H and O–H groups in total. The zero-order valence-electron chi connectivity index (χ0n) is 9.32. The second-order valence-corrected chi connectivity index (χ2v) is 4.49. The number of rotatable bonds is 4. The molecule has 14 heavy (non-hydrogen) atoms. The van der Waals surface area contributed by atoms with Crippen molar-refractivity contribution in [2.75, 3.05) is 0 Å². The van der Waals surface area contributed by atoms with Crippen molar-refractivity contribution in [1.82, 2.24) is 10.3 Å². The topological polar surface area (TPSA) is 58.4 Å². The van der Waals surface area contributed by atoms with Gasteiger partial charge in [0.05, 0.1) is 5.37 Å². The van der Waals surface area contributed by atoms with Crippen LogP contribution in [0.4, 0.5) is 4.79 Å². The Morgan fingerprint density at radius 1 is 1.50 bits per heavy atom. The Morgan fingerprint density at radius 3 is 2.29 bits per heavy atom. The highest BCUT2D eigenvalue weighted by Gasteiger charge is 2.18. The van der Waals surface area contributed by atoms with Gasteiger partial charge in [-0.15, -0.1) is 0 Å². The van der Waals surface area contributed by atoms with E-state index in [1.165, 1.54) is 0 Å². The van der Waals surface area contributed by atoms with Crippen LogP contribution in [0.25, 0.3) is 0 Å². The number of carbonyl (C=O) groups is 1. The molecule has 0 aromatic heterocycles. The van der Waals surface area contributed by atoms with Crippen LogP contribution < -0.4 is 11.2 Å². The Morgan fingerprint density at radius 2 is 2.00 bits per heavy atom. The lowest BCUT2D eigenvalue weighted by Gasteiger charge is -2.26. The van der Waals surface area contributed by atoms with Gasteiger partial charge in [0.15, 0.2) is 0 Å². The molecular formula is C9H21N3OS. The normalized spacial score (nSPS) is 15.1. The number of nitrogens with two attached hydrogens (primary N) is 1. The summed E-state index contributed by atoms with van der Waals surface area (Å²) in [5, 5.41) is 3.67. The van der Waals surface area contributed by atoms with E-state index in [0.717, 1.165) is 11.4 Å². The molecule has 2 atom stereocenters. The van der Waals surface area contributed by atoms with Gasteiger partial charge in [-0.25, -0.2) is 15.6 Å². The molecule has 0 aliphatic heterocycles. The van der Waals surface area contributed by atoms with Crippen LogP contribution in [0.2, 0.25) is 0 Å². The maximum Gasteiger partial charge on any atom is 0.332 e. The predicted octanol–water partition coefficient (Wildman–Crippen LogP) is 1.58. The lowest BCUT2D eigenvalue weighted by Crippen LogP contribution is -2.51. The van der Waals surface area contributed by atoms with E-state index in [4.69, 9.17) is 5.84 Å². The summed E-state index contributed by atoms with van der Waals surface area (Å²) in [5.41, 5.74) is 0. The molecule has 0 aromatic rings. The molecule has 84 valence electrons. The number of amides is 2. The first-order valence-electron chi connectivity index (χ1n) is 4.92. The van der Waals surface area contributed by atoms with E-state index in [1.807, 2.05) is 6.92 Å². The molecule has 0 bridgehead atoms. The first-order chi connectivity index (χ1) is 6.40. The van der Waals surface area contributed by atoms with Crippen molar-refractivity contribution in [2.45, 2.75) is 45.5 Å². The van der Waals surface area contributed by atoms with Crippen molar-refractivity contribution < 1.29 is 4.79 Å². The molecule has 0 aliphatic rings. The lowest BCUT2D eigenvalue weighted by atomic mass is 10.0. The van der Waals surface area contributed by atoms with Crippen LogP contribution >= 0.6 is 12.6 Å². The maximum atomic E-state index is 11.5. The molecule has 4 nitrogen and oxygen atoms in total. The third-order valence-electron chi connectivity index (χ3n) is 2.19. The SMILES string of the molecule is CCC(NC(=O)N(N)[C@H](C)S)C(C)C. The Hall–Kier alpha value is -0.420. The van der Waals surface area contributed by atoms with Crippen LogP contribution in [0.5, 0.6) is 0 Å². The van der Waals surface area contributed by atoms with E-state index in [1.54, 1.807) is 6.92 Å². The number of hydrogen-bond donors (Lipinski definition) is 3.